The largest absolute Gasteiger partial charge is 0.276 e. The minimum absolute atomic E-state index is 0.203. The van der Waals surface area contributed by atoms with E-state index in [1.165, 1.54) is 0 Å². The lowest BCUT2D eigenvalue weighted by Crippen LogP contribution is -1.95. The van der Waals surface area contributed by atoms with Crippen molar-refractivity contribution in [3.63, 3.8) is 0 Å². The van der Waals surface area contributed by atoms with Gasteiger partial charge in [0.2, 0.25) is 0 Å². The summed E-state index contributed by atoms with van der Waals surface area (Å²) in [6.07, 6.45) is 0. The molecule has 2 rings (SSSR count). The van der Waals surface area contributed by atoms with E-state index >= 15 is 0 Å². The number of benzene rings is 2. The molecule has 0 saturated carbocycles. The van der Waals surface area contributed by atoms with Crippen LogP contribution in [0, 0.1) is 0 Å². The van der Waals surface area contributed by atoms with E-state index in [1.54, 1.807) is 30.3 Å². The molecule has 0 amide bonds. The molecule has 0 radical (unpaired) electrons. The molecule has 0 fully saturated rings. The van der Waals surface area contributed by atoms with Crippen molar-refractivity contribution >= 4 is 63.2 Å². The van der Waals surface area contributed by atoms with Crippen LogP contribution in [0.1, 0.15) is 10.4 Å². The van der Waals surface area contributed by atoms with Crippen molar-refractivity contribution in [2.24, 2.45) is 0 Å². The number of rotatable bonds is 2. The number of carbonyl (C=O) groups is 1. The van der Waals surface area contributed by atoms with Gasteiger partial charge in [0.15, 0.2) is 0 Å². The summed E-state index contributed by atoms with van der Waals surface area (Å²) in [5, 5.41) is 0.475. The van der Waals surface area contributed by atoms with Crippen LogP contribution in [0.25, 0.3) is 11.1 Å². The van der Waals surface area contributed by atoms with Gasteiger partial charge in [-0.2, -0.15) is 0 Å². The fraction of sp³-hybridized carbons (Fsp3) is 0. The Labute approximate surface area is 135 Å². The van der Waals surface area contributed by atoms with Crippen LogP contribution in [-0.2, 0) is 0 Å². The lowest BCUT2D eigenvalue weighted by atomic mass is 10.00. The third kappa shape index (κ3) is 2.86. The van der Waals surface area contributed by atoms with Crippen LogP contribution in [0.15, 0.2) is 30.3 Å². The lowest BCUT2D eigenvalue weighted by molar-refractivity contribution is 0.108. The molecule has 0 N–H and O–H groups in total. The summed E-state index contributed by atoms with van der Waals surface area (Å²) in [4.78, 5) is 11.5. The van der Waals surface area contributed by atoms with Crippen molar-refractivity contribution < 1.29 is 4.79 Å². The highest BCUT2D eigenvalue weighted by Gasteiger charge is 2.18. The van der Waals surface area contributed by atoms with E-state index in [-0.39, 0.29) is 15.6 Å². The van der Waals surface area contributed by atoms with Crippen molar-refractivity contribution in [1.29, 1.82) is 0 Å². The highest BCUT2D eigenvalue weighted by Crippen LogP contribution is 2.42. The normalized spacial score (nSPS) is 10.6. The maximum atomic E-state index is 11.5. The fourth-order valence-electron chi connectivity index (χ4n) is 1.68. The van der Waals surface area contributed by atoms with Crippen molar-refractivity contribution in [2.75, 3.05) is 0 Å². The topological polar surface area (TPSA) is 17.1 Å². The Morgan fingerprint density at radius 3 is 2.16 bits per heavy atom. The van der Waals surface area contributed by atoms with Crippen molar-refractivity contribution in [3.05, 3.63) is 56.0 Å². The molecular weight excluding hydrogens is 349 g/mol. The molecule has 0 aromatic heterocycles. The first-order valence-corrected chi connectivity index (χ1v) is 6.94. The molecule has 1 nitrogen and oxygen atoms in total. The molecule has 0 aliphatic rings. The fourth-order valence-corrected chi connectivity index (χ4v) is 2.74. The zero-order valence-electron chi connectivity index (χ0n) is 9.18. The summed E-state index contributed by atoms with van der Waals surface area (Å²) in [5.41, 5.74) is 1.20. The molecule has 2 aromatic rings. The minimum atomic E-state index is -0.625. The van der Waals surface area contributed by atoms with Gasteiger partial charge >= 0.3 is 0 Å². The van der Waals surface area contributed by atoms with Gasteiger partial charge in [-0.3, -0.25) is 4.79 Å². The van der Waals surface area contributed by atoms with Crippen LogP contribution in [-0.4, -0.2) is 5.24 Å². The molecule has 0 saturated heterocycles. The summed E-state index contributed by atoms with van der Waals surface area (Å²) >= 11 is 29.7. The molecule has 0 aliphatic carbocycles. The van der Waals surface area contributed by atoms with Crippen LogP contribution in [0.2, 0.25) is 20.1 Å². The molecule has 0 spiro atoms. The Morgan fingerprint density at radius 1 is 0.842 bits per heavy atom. The van der Waals surface area contributed by atoms with Gasteiger partial charge in [0.1, 0.15) is 0 Å². The molecule has 2 aromatic carbocycles. The summed E-state index contributed by atoms with van der Waals surface area (Å²) in [6, 6.07) is 8.05. The summed E-state index contributed by atoms with van der Waals surface area (Å²) in [6.45, 7) is 0. The SMILES string of the molecule is O=C(Cl)c1cccc(Cl)c1-c1ccc(Cl)c(Cl)c1Cl. The predicted octanol–water partition coefficient (Wildman–Crippen LogP) is 6.35. The van der Waals surface area contributed by atoms with Gasteiger partial charge in [-0.25, -0.2) is 0 Å². The Morgan fingerprint density at radius 2 is 1.53 bits per heavy atom. The highest BCUT2D eigenvalue weighted by molar-refractivity contribution is 6.68. The van der Waals surface area contributed by atoms with E-state index in [1.807, 2.05) is 0 Å². The average molecular weight is 354 g/mol. The van der Waals surface area contributed by atoms with E-state index in [0.29, 0.717) is 21.2 Å². The van der Waals surface area contributed by atoms with Crippen LogP contribution in [0.3, 0.4) is 0 Å². The molecule has 0 bridgehead atoms. The minimum Gasteiger partial charge on any atom is -0.276 e. The van der Waals surface area contributed by atoms with E-state index in [0.717, 1.165) is 0 Å². The first-order valence-electron chi connectivity index (χ1n) is 5.05. The van der Waals surface area contributed by atoms with Gasteiger partial charge in [0.25, 0.3) is 5.24 Å². The molecule has 6 heteroatoms. The van der Waals surface area contributed by atoms with Crippen LogP contribution in [0.4, 0.5) is 0 Å². The molecule has 98 valence electrons. The van der Waals surface area contributed by atoms with Crippen LogP contribution < -0.4 is 0 Å². The highest BCUT2D eigenvalue weighted by atomic mass is 35.5. The van der Waals surface area contributed by atoms with Crippen molar-refractivity contribution in [3.8, 4) is 11.1 Å². The number of hydrogen-bond donors (Lipinski definition) is 0. The van der Waals surface area contributed by atoms with Crippen LogP contribution in [0.5, 0.6) is 0 Å². The van der Waals surface area contributed by atoms with Gasteiger partial charge in [-0.1, -0.05) is 58.5 Å². The third-order valence-corrected chi connectivity index (χ3v) is 4.34. The Bertz CT molecular complexity index is 666. The Hall–Kier alpha value is -0.440. The van der Waals surface area contributed by atoms with E-state index in [9.17, 15) is 4.79 Å². The number of hydrogen-bond acceptors (Lipinski definition) is 1. The van der Waals surface area contributed by atoms with E-state index in [2.05, 4.69) is 0 Å². The van der Waals surface area contributed by atoms with Gasteiger partial charge < -0.3 is 0 Å². The zero-order chi connectivity index (χ0) is 14.2. The van der Waals surface area contributed by atoms with Gasteiger partial charge in [0, 0.05) is 21.7 Å². The second-order valence-corrected chi connectivity index (χ2v) is 5.57. The maximum Gasteiger partial charge on any atom is 0.253 e. The first kappa shape index (κ1) is 15.0. The van der Waals surface area contributed by atoms with Gasteiger partial charge in [0.05, 0.1) is 15.1 Å². The average Bonchev–Trinajstić information content (AvgIpc) is 2.37. The Balaban J connectivity index is 2.79. The molecule has 0 heterocycles. The molecular formula is C13H5Cl5O. The maximum absolute atomic E-state index is 11.5. The first-order chi connectivity index (χ1) is 8.93. The zero-order valence-corrected chi connectivity index (χ0v) is 13.0. The van der Waals surface area contributed by atoms with Crippen LogP contribution >= 0.6 is 58.0 Å². The second kappa shape index (κ2) is 5.90. The molecule has 0 atom stereocenters. The standard InChI is InChI=1S/C13H5Cl5O/c14-8-3-1-2-7(13(18)19)10(8)6-4-5-9(15)12(17)11(6)16/h1-5H. The molecule has 0 aliphatic heterocycles. The molecule has 19 heavy (non-hydrogen) atoms. The van der Waals surface area contributed by atoms with Gasteiger partial charge in [-0.05, 0) is 29.8 Å². The van der Waals surface area contributed by atoms with E-state index in [4.69, 9.17) is 58.0 Å². The van der Waals surface area contributed by atoms with Crippen molar-refractivity contribution in [2.45, 2.75) is 0 Å². The third-order valence-electron chi connectivity index (χ3n) is 2.53. The lowest BCUT2D eigenvalue weighted by Gasteiger charge is -2.12. The number of halogens is 5. The number of carbonyl (C=O) groups excluding carboxylic acids is 1. The summed E-state index contributed by atoms with van der Waals surface area (Å²) < 4.78 is 0. The predicted molar refractivity (Wildman–Crippen MR) is 82.1 cm³/mol. The quantitative estimate of drug-likeness (QED) is 0.454. The second-order valence-electron chi connectivity index (χ2n) is 3.66. The van der Waals surface area contributed by atoms with E-state index < -0.39 is 5.24 Å². The van der Waals surface area contributed by atoms with Gasteiger partial charge in [-0.15, -0.1) is 0 Å². The summed E-state index contributed by atoms with van der Waals surface area (Å²) in [5.74, 6) is 0. The molecule has 0 unspecified atom stereocenters. The smallest absolute Gasteiger partial charge is 0.253 e. The summed E-state index contributed by atoms with van der Waals surface area (Å²) in [7, 11) is 0. The van der Waals surface area contributed by atoms with Crippen molar-refractivity contribution in [1.82, 2.24) is 0 Å². The monoisotopic (exact) mass is 352 g/mol. The Kier molecular flexibility index (Phi) is 4.65.